The van der Waals surface area contributed by atoms with Gasteiger partial charge in [-0.2, -0.15) is 0 Å². The molecule has 2 heterocycles. The number of fused-ring (bicyclic) bond motifs is 5. The molecule has 0 saturated carbocycles. The van der Waals surface area contributed by atoms with Gasteiger partial charge in [0.05, 0.1) is 16.7 Å². The second-order valence-corrected chi connectivity index (χ2v) is 10.2. The van der Waals surface area contributed by atoms with Gasteiger partial charge in [0.15, 0.2) is 0 Å². The van der Waals surface area contributed by atoms with Crippen molar-refractivity contribution in [3.63, 3.8) is 0 Å². The van der Waals surface area contributed by atoms with Gasteiger partial charge < -0.3 is 0 Å². The molecule has 2 aromatic heterocycles. The highest BCUT2D eigenvalue weighted by molar-refractivity contribution is 6.22. The van der Waals surface area contributed by atoms with Gasteiger partial charge in [0.25, 0.3) is 0 Å². The number of rotatable bonds is 3. The molecular weight excluding hydrogens is 484 g/mol. The van der Waals surface area contributed by atoms with Crippen LogP contribution in [0.4, 0.5) is 0 Å². The Hall–Kier alpha value is -5.34. The Labute approximate surface area is 232 Å². The van der Waals surface area contributed by atoms with Crippen molar-refractivity contribution in [1.29, 1.82) is 0 Å². The minimum atomic E-state index is 0.933. The van der Waals surface area contributed by atoms with Crippen molar-refractivity contribution < 1.29 is 0 Å². The first kappa shape index (κ1) is 22.6. The monoisotopic (exact) mass is 508 g/mol. The first-order valence-electron chi connectivity index (χ1n) is 13.6. The van der Waals surface area contributed by atoms with Crippen LogP contribution >= 0.6 is 0 Å². The molecule has 0 aliphatic carbocycles. The minimum absolute atomic E-state index is 0.933. The lowest BCUT2D eigenvalue weighted by Crippen LogP contribution is -1.92. The largest absolute Gasteiger partial charge is 0.254 e. The van der Waals surface area contributed by atoms with Crippen LogP contribution in [-0.4, -0.2) is 9.97 Å². The summed E-state index contributed by atoms with van der Waals surface area (Å²) in [5.74, 6) is 0. The molecule has 186 valence electrons. The van der Waals surface area contributed by atoms with E-state index in [1.807, 2.05) is 12.3 Å². The molecular formula is C38H24N2. The van der Waals surface area contributed by atoms with Gasteiger partial charge in [0.1, 0.15) is 0 Å². The third-order valence-electron chi connectivity index (χ3n) is 7.88. The highest BCUT2D eigenvalue weighted by Gasteiger charge is 2.17. The van der Waals surface area contributed by atoms with E-state index in [0.717, 1.165) is 33.1 Å². The summed E-state index contributed by atoms with van der Waals surface area (Å²) < 4.78 is 0. The van der Waals surface area contributed by atoms with Crippen LogP contribution in [0, 0.1) is 0 Å². The first-order valence-corrected chi connectivity index (χ1v) is 13.6. The molecule has 0 saturated heterocycles. The van der Waals surface area contributed by atoms with Crippen molar-refractivity contribution in [2.24, 2.45) is 0 Å². The molecule has 0 radical (unpaired) electrons. The zero-order valence-electron chi connectivity index (χ0n) is 21.8. The van der Waals surface area contributed by atoms with E-state index in [0.29, 0.717) is 0 Å². The summed E-state index contributed by atoms with van der Waals surface area (Å²) in [5.41, 5.74) is 8.85. The highest BCUT2D eigenvalue weighted by Crippen LogP contribution is 2.44. The number of nitrogens with zero attached hydrogens (tertiary/aromatic N) is 2. The van der Waals surface area contributed by atoms with E-state index in [4.69, 9.17) is 4.98 Å². The Morgan fingerprint density at radius 3 is 1.65 bits per heavy atom. The summed E-state index contributed by atoms with van der Waals surface area (Å²) in [6.45, 7) is 0. The maximum Gasteiger partial charge on any atom is 0.0972 e. The summed E-state index contributed by atoms with van der Waals surface area (Å²) in [5, 5.41) is 7.16. The lowest BCUT2D eigenvalue weighted by Gasteiger charge is -2.18. The zero-order valence-corrected chi connectivity index (χ0v) is 21.8. The second-order valence-electron chi connectivity index (χ2n) is 10.2. The van der Waals surface area contributed by atoms with Crippen LogP contribution in [0.15, 0.2) is 146 Å². The van der Waals surface area contributed by atoms with Crippen molar-refractivity contribution >= 4 is 43.4 Å². The molecule has 0 aliphatic rings. The summed E-state index contributed by atoms with van der Waals surface area (Å²) in [6.07, 6.45) is 1.84. The van der Waals surface area contributed by atoms with Gasteiger partial charge in [-0.3, -0.25) is 4.98 Å². The van der Waals surface area contributed by atoms with Gasteiger partial charge in [-0.25, -0.2) is 4.98 Å². The van der Waals surface area contributed by atoms with Crippen LogP contribution in [0.2, 0.25) is 0 Å². The molecule has 0 fully saturated rings. The molecule has 0 atom stereocenters. The molecule has 2 nitrogen and oxygen atoms in total. The molecule has 0 bridgehead atoms. The van der Waals surface area contributed by atoms with Gasteiger partial charge in [0, 0.05) is 22.5 Å². The average molecular weight is 509 g/mol. The maximum absolute atomic E-state index is 5.16. The Bertz CT molecular complexity index is 2200. The molecule has 0 N–H and O–H groups in total. The van der Waals surface area contributed by atoms with Crippen molar-refractivity contribution in [1.82, 2.24) is 9.97 Å². The minimum Gasteiger partial charge on any atom is -0.254 e. The predicted molar refractivity (Wildman–Crippen MR) is 168 cm³/mol. The molecule has 0 amide bonds. The van der Waals surface area contributed by atoms with E-state index in [-0.39, 0.29) is 0 Å². The molecule has 2 heteroatoms. The normalized spacial score (nSPS) is 11.5. The molecule has 8 rings (SSSR count). The SMILES string of the molecule is c1ccc(-c2c3ccccc3c(-c3ccccc3)c3cc(-c4ccc5ccc6cccnc6c5n4)ccc23)cc1. The first-order chi connectivity index (χ1) is 19.8. The van der Waals surface area contributed by atoms with E-state index in [1.54, 1.807) is 0 Å². The lowest BCUT2D eigenvalue weighted by atomic mass is 9.85. The fraction of sp³-hybridized carbons (Fsp3) is 0. The predicted octanol–water partition coefficient (Wildman–Crippen LogP) is 10.1. The van der Waals surface area contributed by atoms with Crippen molar-refractivity contribution in [3.05, 3.63) is 146 Å². The summed E-state index contributed by atoms with van der Waals surface area (Å²) in [6, 6.07) is 49.7. The van der Waals surface area contributed by atoms with E-state index in [9.17, 15) is 0 Å². The van der Waals surface area contributed by atoms with Crippen molar-refractivity contribution in [2.75, 3.05) is 0 Å². The van der Waals surface area contributed by atoms with Crippen LogP contribution in [-0.2, 0) is 0 Å². The fourth-order valence-electron chi connectivity index (χ4n) is 6.05. The van der Waals surface area contributed by atoms with Crippen LogP contribution < -0.4 is 0 Å². The van der Waals surface area contributed by atoms with Gasteiger partial charge in [-0.05, 0) is 62.0 Å². The van der Waals surface area contributed by atoms with Crippen molar-refractivity contribution in [2.45, 2.75) is 0 Å². The molecule has 40 heavy (non-hydrogen) atoms. The topological polar surface area (TPSA) is 25.8 Å². The molecule has 8 aromatic rings. The smallest absolute Gasteiger partial charge is 0.0972 e. The fourth-order valence-corrected chi connectivity index (χ4v) is 6.05. The molecule has 0 aliphatic heterocycles. The number of benzene rings is 6. The van der Waals surface area contributed by atoms with E-state index >= 15 is 0 Å². The molecule has 6 aromatic carbocycles. The number of hydrogen-bond donors (Lipinski definition) is 0. The molecule has 0 unspecified atom stereocenters. The average Bonchev–Trinajstić information content (AvgIpc) is 3.04. The molecule has 0 spiro atoms. The van der Waals surface area contributed by atoms with Gasteiger partial charge in [-0.1, -0.05) is 121 Å². The van der Waals surface area contributed by atoms with Crippen LogP contribution in [0.5, 0.6) is 0 Å². The Kier molecular flexibility index (Phi) is 5.17. The lowest BCUT2D eigenvalue weighted by molar-refractivity contribution is 1.37. The van der Waals surface area contributed by atoms with Crippen LogP contribution in [0.3, 0.4) is 0 Å². The Morgan fingerprint density at radius 2 is 0.950 bits per heavy atom. The summed E-state index contributed by atoms with van der Waals surface area (Å²) in [4.78, 5) is 9.83. The van der Waals surface area contributed by atoms with Crippen LogP contribution in [0.1, 0.15) is 0 Å². The third-order valence-corrected chi connectivity index (χ3v) is 7.88. The Balaban J connectivity index is 1.47. The highest BCUT2D eigenvalue weighted by atomic mass is 14.7. The number of aromatic nitrogens is 2. The van der Waals surface area contributed by atoms with E-state index in [2.05, 4.69) is 138 Å². The number of pyridine rings is 2. The summed E-state index contributed by atoms with van der Waals surface area (Å²) >= 11 is 0. The zero-order chi connectivity index (χ0) is 26.5. The Morgan fingerprint density at radius 1 is 0.375 bits per heavy atom. The third kappa shape index (κ3) is 3.58. The van der Waals surface area contributed by atoms with Crippen molar-refractivity contribution in [3.8, 4) is 33.5 Å². The number of hydrogen-bond acceptors (Lipinski definition) is 2. The maximum atomic E-state index is 5.16. The van der Waals surface area contributed by atoms with Crippen LogP contribution in [0.25, 0.3) is 76.9 Å². The van der Waals surface area contributed by atoms with Gasteiger partial charge in [-0.15, -0.1) is 0 Å². The quantitative estimate of drug-likeness (QED) is 0.175. The van der Waals surface area contributed by atoms with E-state index in [1.165, 1.54) is 43.8 Å². The standard InChI is InChI=1S/C38H24N2/c1-3-10-25(11-4-1)35-30-15-7-8-16-31(30)36(26-12-5-2-6-13-26)33-24-29(19-21-32(33)35)34-22-20-28-18-17-27-14-9-23-39-37(27)38(28)40-34/h1-24H. The summed E-state index contributed by atoms with van der Waals surface area (Å²) in [7, 11) is 0. The van der Waals surface area contributed by atoms with Gasteiger partial charge in [0.2, 0.25) is 0 Å². The second kappa shape index (κ2) is 9.14. The van der Waals surface area contributed by atoms with E-state index < -0.39 is 0 Å². The van der Waals surface area contributed by atoms with Gasteiger partial charge >= 0.3 is 0 Å².